The van der Waals surface area contributed by atoms with Crippen LogP contribution < -0.4 is 11.1 Å². The van der Waals surface area contributed by atoms with Crippen LogP contribution in [0, 0.1) is 10.1 Å². The third kappa shape index (κ3) is 2.56. The fourth-order valence-electron chi connectivity index (χ4n) is 2.00. The van der Waals surface area contributed by atoms with E-state index in [9.17, 15) is 10.1 Å². The van der Waals surface area contributed by atoms with Gasteiger partial charge in [-0.25, -0.2) is 4.68 Å². The van der Waals surface area contributed by atoms with Crippen LogP contribution in [0.2, 0.25) is 0 Å². The van der Waals surface area contributed by atoms with Gasteiger partial charge in [-0.3, -0.25) is 10.1 Å². The Hall–Kier alpha value is -2.57. The molecule has 2 aromatic rings. The molecule has 0 spiro atoms. The van der Waals surface area contributed by atoms with Gasteiger partial charge in [0.15, 0.2) is 0 Å². The van der Waals surface area contributed by atoms with E-state index in [0.717, 1.165) is 0 Å². The van der Waals surface area contributed by atoms with E-state index in [2.05, 4.69) is 10.4 Å². The molecule has 1 aromatic heterocycles. The van der Waals surface area contributed by atoms with Gasteiger partial charge >= 0.3 is 5.69 Å². The molecule has 0 bridgehead atoms. The number of nitrogens with two attached hydrogens (primary N) is 1. The maximum absolute atomic E-state index is 11.3. The quantitative estimate of drug-likeness (QED) is 0.508. The number of benzene rings is 1. The normalized spacial score (nSPS) is 10.8. The van der Waals surface area contributed by atoms with E-state index in [1.54, 1.807) is 31.3 Å². The minimum absolute atomic E-state index is 0.00456. The summed E-state index contributed by atoms with van der Waals surface area (Å²) in [6.45, 7) is 3.75. The van der Waals surface area contributed by atoms with Gasteiger partial charge in [-0.15, -0.1) is 0 Å². The van der Waals surface area contributed by atoms with Gasteiger partial charge in [0.25, 0.3) is 0 Å². The number of rotatable bonds is 4. The Morgan fingerprint density at radius 1 is 1.45 bits per heavy atom. The number of aromatic nitrogens is 2. The maximum atomic E-state index is 11.3. The zero-order chi connectivity index (χ0) is 14.9. The second kappa shape index (κ2) is 5.20. The molecule has 1 heterocycles. The third-order valence-corrected chi connectivity index (χ3v) is 2.93. The summed E-state index contributed by atoms with van der Waals surface area (Å²) < 4.78 is 1.48. The number of anilines is 3. The van der Waals surface area contributed by atoms with E-state index >= 15 is 0 Å². The molecule has 0 unspecified atom stereocenters. The van der Waals surface area contributed by atoms with Gasteiger partial charge in [0.1, 0.15) is 5.69 Å². The molecule has 106 valence electrons. The van der Waals surface area contributed by atoms with Crippen LogP contribution in [-0.4, -0.2) is 14.7 Å². The summed E-state index contributed by atoms with van der Waals surface area (Å²) in [6, 6.07) is 7.04. The van der Waals surface area contributed by atoms with Gasteiger partial charge in [0, 0.05) is 24.3 Å². The molecule has 0 aliphatic carbocycles. The van der Waals surface area contributed by atoms with Crippen molar-refractivity contribution < 1.29 is 4.92 Å². The highest BCUT2D eigenvalue weighted by atomic mass is 16.6. The minimum Gasteiger partial charge on any atom is -0.399 e. The highest BCUT2D eigenvalue weighted by Crippen LogP contribution is 2.34. The van der Waals surface area contributed by atoms with Crippen molar-refractivity contribution in [2.24, 2.45) is 7.05 Å². The summed E-state index contributed by atoms with van der Waals surface area (Å²) in [5.41, 5.74) is 7.45. The Balaban J connectivity index is 2.48. The van der Waals surface area contributed by atoms with Crippen molar-refractivity contribution in [3.05, 3.63) is 40.1 Å². The Kier molecular flexibility index (Phi) is 3.60. The molecule has 0 saturated carbocycles. The fourth-order valence-corrected chi connectivity index (χ4v) is 2.00. The van der Waals surface area contributed by atoms with E-state index in [-0.39, 0.29) is 11.6 Å². The van der Waals surface area contributed by atoms with Crippen molar-refractivity contribution >= 4 is 22.9 Å². The lowest BCUT2D eigenvalue weighted by atomic mass is 10.1. The van der Waals surface area contributed by atoms with Crippen LogP contribution in [-0.2, 0) is 7.05 Å². The SMILES string of the molecule is CC(C)c1nn(C)c(Nc2cccc(N)c2)c1[N+](=O)[O-]. The molecule has 7 nitrogen and oxygen atoms in total. The number of nitrogens with one attached hydrogen (secondary N) is 1. The standard InChI is InChI=1S/C13H17N5O2/c1-8(2)11-12(18(19)20)13(17(3)16-11)15-10-6-4-5-9(14)7-10/h4-8,15H,14H2,1-3H3. The van der Waals surface area contributed by atoms with Gasteiger partial charge in [0.2, 0.25) is 5.82 Å². The lowest BCUT2D eigenvalue weighted by molar-refractivity contribution is -0.384. The number of nitrogen functional groups attached to an aromatic ring is 1. The van der Waals surface area contributed by atoms with E-state index in [1.807, 2.05) is 13.8 Å². The highest BCUT2D eigenvalue weighted by molar-refractivity contribution is 5.70. The summed E-state index contributed by atoms with van der Waals surface area (Å²) >= 11 is 0. The first kappa shape index (κ1) is 13.9. The van der Waals surface area contributed by atoms with Crippen LogP contribution in [0.5, 0.6) is 0 Å². The molecule has 0 aliphatic heterocycles. The van der Waals surface area contributed by atoms with Crippen LogP contribution in [0.3, 0.4) is 0 Å². The highest BCUT2D eigenvalue weighted by Gasteiger charge is 2.28. The molecule has 7 heteroatoms. The number of hydrogen-bond donors (Lipinski definition) is 2. The molecule has 0 fully saturated rings. The smallest absolute Gasteiger partial charge is 0.334 e. The van der Waals surface area contributed by atoms with Gasteiger partial charge in [-0.05, 0) is 18.2 Å². The number of hydrogen-bond acceptors (Lipinski definition) is 5. The lowest BCUT2D eigenvalue weighted by Gasteiger charge is -2.06. The van der Waals surface area contributed by atoms with Crippen LogP contribution in [0.25, 0.3) is 0 Å². The zero-order valence-corrected chi connectivity index (χ0v) is 11.6. The first-order valence-corrected chi connectivity index (χ1v) is 6.24. The Labute approximate surface area is 116 Å². The minimum atomic E-state index is -0.406. The van der Waals surface area contributed by atoms with Crippen molar-refractivity contribution in [3.63, 3.8) is 0 Å². The zero-order valence-electron chi connectivity index (χ0n) is 11.6. The molecule has 0 atom stereocenters. The Morgan fingerprint density at radius 2 is 2.15 bits per heavy atom. The summed E-state index contributed by atoms with van der Waals surface area (Å²) in [4.78, 5) is 10.9. The average Bonchev–Trinajstić information content (AvgIpc) is 2.67. The number of nitro groups is 1. The molecule has 0 saturated heterocycles. The number of nitrogens with zero attached hydrogens (tertiary/aromatic N) is 3. The second-order valence-corrected chi connectivity index (χ2v) is 4.87. The maximum Gasteiger partial charge on any atom is 0.334 e. The van der Waals surface area contributed by atoms with Crippen molar-refractivity contribution in [2.75, 3.05) is 11.1 Å². The Morgan fingerprint density at radius 3 is 2.70 bits per heavy atom. The molecule has 0 amide bonds. The first-order chi connectivity index (χ1) is 9.40. The first-order valence-electron chi connectivity index (χ1n) is 6.24. The fraction of sp³-hybridized carbons (Fsp3) is 0.308. The predicted molar refractivity (Wildman–Crippen MR) is 78.1 cm³/mol. The molecule has 1 aromatic carbocycles. The van der Waals surface area contributed by atoms with Crippen molar-refractivity contribution in [1.82, 2.24) is 9.78 Å². The third-order valence-electron chi connectivity index (χ3n) is 2.93. The van der Waals surface area contributed by atoms with Gasteiger partial charge in [-0.1, -0.05) is 19.9 Å². The average molecular weight is 275 g/mol. The van der Waals surface area contributed by atoms with Crippen LogP contribution in [0.15, 0.2) is 24.3 Å². The summed E-state index contributed by atoms with van der Waals surface area (Å²) in [5, 5.41) is 18.6. The molecule has 20 heavy (non-hydrogen) atoms. The summed E-state index contributed by atoms with van der Waals surface area (Å²) in [5.74, 6) is 0.322. The molecule has 0 aliphatic rings. The van der Waals surface area contributed by atoms with Crippen LogP contribution >= 0.6 is 0 Å². The number of aryl methyl sites for hydroxylation is 1. The van der Waals surface area contributed by atoms with E-state index in [0.29, 0.717) is 22.9 Å². The second-order valence-electron chi connectivity index (χ2n) is 4.87. The molecule has 2 rings (SSSR count). The van der Waals surface area contributed by atoms with E-state index in [1.165, 1.54) is 4.68 Å². The Bertz CT molecular complexity index is 648. The van der Waals surface area contributed by atoms with Gasteiger partial charge in [-0.2, -0.15) is 5.10 Å². The van der Waals surface area contributed by atoms with Crippen molar-refractivity contribution in [1.29, 1.82) is 0 Å². The van der Waals surface area contributed by atoms with Gasteiger partial charge in [0.05, 0.1) is 4.92 Å². The molecule has 0 radical (unpaired) electrons. The molecular weight excluding hydrogens is 258 g/mol. The topological polar surface area (TPSA) is 99.0 Å². The van der Waals surface area contributed by atoms with Crippen LogP contribution in [0.4, 0.5) is 22.9 Å². The largest absolute Gasteiger partial charge is 0.399 e. The summed E-state index contributed by atoms with van der Waals surface area (Å²) in [6.07, 6.45) is 0. The van der Waals surface area contributed by atoms with Gasteiger partial charge < -0.3 is 11.1 Å². The van der Waals surface area contributed by atoms with E-state index < -0.39 is 4.92 Å². The van der Waals surface area contributed by atoms with Crippen molar-refractivity contribution in [3.8, 4) is 0 Å². The lowest BCUT2D eigenvalue weighted by Crippen LogP contribution is -2.02. The molecular formula is C13H17N5O2. The monoisotopic (exact) mass is 275 g/mol. The molecule has 3 N–H and O–H groups in total. The van der Waals surface area contributed by atoms with E-state index in [4.69, 9.17) is 5.73 Å². The predicted octanol–water partition coefficient (Wildman–Crippen LogP) is 2.78. The van der Waals surface area contributed by atoms with Crippen molar-refractivity contribution in [2.45, 2.75) is 19.8 Å². The van der Waals surface area contributed by atoms with Crippen LogP contribution in [0.1, 0.15) is 25.5 Å². The summed E-state index contributed by atoms with van der Waals surface area (Å²) in [7, 11) is 1.67.